The van der Waals surface area contributed by atoms with E-state index < -0.39 is 23.9 Å². The molecule has 2 aromatic rings. The molecule has 1 amide bonds. The third-order valence-corrected chi connectivity index (χ3v) is 6.29. The summed E-state index contributed by atoms with van der Waals surface area (Å²) in [6, 6.07) is 3.12. The fraction of sp³-hybridized carbons (Fsp3) is 0.565. The zero-order chi connectivity index (χ0) is 23.5. The minimum Gasteiger partial charge on any atom is -0.486 e. The van der Waals surface area contributed by atoms with Crippen molar-refractivity contribution in [3.8, 4) is 17.0 Å². The van der Waals surface area contributed by atoms with E-state index in [4.69, 9.17) is 9.47 Å². The number of hydrogen-bond acceptors (Lipinski definition) is 6. The molecule has 1 N–H and O–H groups in total. The number of carbonyl (C=O) groups is 2. The van der Waals surface area contributed by atoms with Gasteiger partial charge in [-0.3, -0.25) is 9.48 Å². The topological polar surface area (TPSA) is 107 Å². The maximum Gasteiger partial charge on any atom is 0.409 e. The molecule has 33 heavy (non-hydrogen) atoms. The van der Waals surface area contributed by atoms with Gasteiger partial charge in [-0.2, -0.15) is 9.49 Å². The van der Waals surface area contributed by atoms with Crippen LogP contribution in [0.5, 0.6) is 5.75 Å². The Morgan fingerprint density at radius 2 is 2.06 bits per heavy atom. The summed E-state index contributed by atoms with van der Waals surface area (Å²) in [5.74, 6) is -1.54. The monoisotopic (exact) mass is 460 g/mol. The third-order valence-electron chi connectivity index (χ3n) is 6.29. The number of carboxylic acid groups (broad SMARTS) is 1. The summed E-state index contributed by atoms with van der Waals surface area (Å²) in [5, 5.41) is 13.4. The summed E-state index contributed by atoms with van der Waals surface area (Å²) in [4.78, 5) is 29.1. The zero-order valence-corrected chi connectivity index (χ0v) is 18.9. The van der Waals surface area contributed by atoms with E-state index in [0.29, 0.717) is 48.7 Å². The number of aromatic nitrogens is 3. The fourth-order valence-corrected chi connectivity index (χ4v) is 4.17. The van der Waals surface area contributed by atoms with Crippen LogP contribution in [-0.4, -0.2) is 56.5 Å². The van der Waals surface area contributed by atoms with Crippen molar-refractivity contribution in [3.05, 3.63) is 30.0 Å². The molecular weight excluding hydrogens is 431 g/mol. The number of amides is 1. The molecule has 2 aromatic heterocycles. The lowest BCUT2D eigenvalue weighted by molar-refractivity contribution is -0.143. The average Bonchev–Trinajstić information content (AvgIpc) is 3.53. The number of carbonyl (C=O) groups excluding carboxylic acids is 1. The highest BCUT2D eigenvalue weighted by atomic mass is 19.1. The molecule has 2 heterocycles. The first-order chi connectivity index (χ1) is 15.8. The highest BCUT2D eigenvalue weighted by Crippen LogP contribution is 2.31. The lowest BCUT2D eigenvalue weighted by Crippen LogP contribution is -2.29. The van der Waals surface area contributed by atoms with Crippen molar-refractivity contribution >= 4 is 12.1 Å². The lowest BCUT2D eigenvalue weighted by atomic mass is 9.87. The van der Waals surface area contributed by atoms with Crippen molar-refractivity contribution in [1.82, 2.24) is 19.7 Å². The zero-order valence-electron chi connectivity index (χ0n) is 18.9. The Bertz CT molecular complexity index is 1020. The highest BCUT2D eigenvalue weighted by molar-refractivity contribution is 5.70. The van der Waals surface area contributed by atoms with Crippen LogP contribution in [0.3, 0.4) is 0 Å². The summed E-state index contributed by atoms with van der Waals surface area (Å²) < 4.78 is 27.5. The molecule has 0 unspecified atom stereocenters. The Labute approximate surface area is 191 Å². The van der Waals surface area contributed by atoms with Crippen LogP contribution < -0.4 is 4.74 Å². The van der Waals surface area contributed by atoms with Crippen LogP contribution in [0.15, 0.2) is 18.3 Å². The molecule has 2 fully saturated rings. The van der Waals surface area contributed by atoms with Crippen LogP contribution >= 0.6 is 0 Å². The Balaban J connectivity index is 1.42. The number of aryl methyl sites for hydroxylation is 1. The van der Waals surface area contributed by atoms with Gasteiger partial charge in [0.2, 0.25) is 0 Å². The quantitative estimate of drug-likeness (QED) is 0.600. The van der Waals surface area contributed by atoms with Crippen molar-refractivity contribution in [1.29, 1.82) is 0 Å². The standard InChI is InChI=1S/C23H29FN4O5/c1-27(12-14-6-7-14)23(31)32-13-19-17(11-25-28(19)2)18-8-9-20(21(24)26-18)33-16-5-3-4-15(10-16)22(29)30/h8-9,11,14-16H,3-7,10,12-13H2,1-2H3,(H,29,30)/t15-,16-/m0/s1. The summed E-state index contributed by atoms with van der Waals surface area (Å²) in [6.45, 7) is 0.666. The predicted octanol–water partition coefficient (Wildman–Crippen LogP) is 3.62. The number of ether oxygens (including phenoxy) is 2. The molecular formula is C23H29FN4O5. The number of nitrogens with zero attached hydrogens (tertiary/aromatic N) is 4. The number of rotatable bonds is 8. The summed E-state index contributed by atoms with van der Waals surface area (Å²) in [7, 11) is 3.43. The van der Waals surface area contributed by atoms with Crippen molar-refractivity contribution < 1.29 is 28.6 Å². The van der Waals surface area contributed by atoms with Gasteiger partial charge in [0, 0.05) is 26.2 Å². The first-order valence-electron chi connectivity index (χ1n) is 11.3. The molecule has 0 spiro atoms. The van der Waals surface area contributed by atoms with E-state index in [1.807, 2.05) is 0 Å². The van der Waals surface area contributed by atoms with Gasteiger partial charge >= 0.3 is 12.1 Å². The second-order valence-corrected chi connectivity index (χ2v) is 8.93. The molecule has 2 aliphatic rings. The van der Waals surface area contributed by atoms with Crippen molar-refractivity contribution in [2.24, 2.45) is 18.9 Å². The minimum absolute atomic E-state index is 0.00615. The van der Waals surface area contributed by atoms with Crippen LogP contribution in [0.2, 0.25) is 0 Å². The molecule has 2 saturated carbocycles. The molecule has 0 aromatic carbocycles. The number of hydrogen-bond donors (Lipinski definition) is 1. The molecule has 9 nitrogen and oxygen atoms in total. The largest absolute Gasteiger partial charge is 0.486 e. The fourth-order valence-electron chi connectivity index (χ4n) is 4.17. The Kier molecular flexibility index (Phi) is 6.80. The summed E-state index contributed by atoms with van der Waals surface area (Å²) >= 11 is 0. The van der Waals surface area contributed by atoms with Crippen LogP contribution in [0, 0.1) is 17.8 Å². The minimum atomic E-state index is -0.846. The smallest absolute Gasteiger partial charge is 0.409 e. The van der Waals surface area contributed by atoms with E-state index in [0.717, 1.165) is 19.3 Å². The second kappa shape index (κ2) is 9.76. The Morgan fingerprint density at radius 1 is 1.27 bits per heavy atom. The van der Waals surface area contributed by atoms with Crippen LogP contribution in [-0.2, 0) is 23.2 Å². The predicted molar refractivity (Wildman–Crippen MR) is 116 cm³/mol. The normalized spacial score (nSPS) is 20.3. The molecule has 10 heteroatoms. The molecule has 0 radical (unpaired) electrons. The molecule has 0 aliphatic heterocycles. The first-order valence-corrected chi connectivity index (χ1v) is 11.3. The van der Waals surface area contributed by atoms with Crippen LogP contribution in [0.25, 0.3) is 11.3 Å². The Hall–Kier alpha value is -3.17. The molecule has 2 aliphatic carbocycles. The average molecular weight is 461 g/mol. The van der Waals surface area contributed by atoms with Crippen molar-refractivity contribution in [3.63, 3.8) is 0 Å². The number of carboxylic acids is 1. The molecule has 0 bridgehead atoms. The van der Waals surface area contributed by atoms with Gasteiger partial charge in [-0.1, -0.05) is 0 Å². The Morgan fingerprint density at radius 3 is 2.76 bits per heavy atom. The molecule has 178 valence electrons. The van der Waals surface area contributed by atoms with Gasteiger partial charge in [-0.25, -0.2) is 9.78 Å². The van der Waals surface area contributed by atoms with Crippen LogP contribution in [0.1, 0.15) is 44.2 Å². The van der Waals surface area contributed by atoms with Gasteiger partial charge in [-0.05, 0) is 56.6 Å². The van der Waals surface area contributed by atoms with Gasteiger partial charge in [-0.15, -0.1) is 0 Å². The maximum atomic E-state index is 14.8. The van der Waals surface area contributed by atoms with E-state index in [2.05, 4.69) is 10.1 Å². The van der Waals surface area contributed by atoms with Crippen molar-refractivity contribution in [2.75, 3.05) is 13.6 Å². The first kappa shape index (κ1) is 23.0. The summed E-state index contributed by atoms with van der Waals surface area (Å²) in [5.41, 5.74) is 1.50. The SMILES string of the molecule is CN(CC1CC1)C(=O)OCc1c(-c2ccc(O[C@H]3CCC[C@H](C(=O)O)C3)c(F)n2)cnn1C. The highest BCUT2D eigenvalue weighted by Gasteiger charge is 2.29. The van der Waals surface area contributed by atoms with Gasteiger partial charge < -0.3 is 19.5 Å². The van der Waals surface area contributed by atoms with Gasteiger partial charge in [0.05, 0.1) is 29.6 Å². The number of pyridine rings is 1. The second-order valence-electron chi connectivity index (χ2n) is 8.93. The third kappa shape index (κ3) is 5.61. The van der Waals surface area contributed by atoms with Crippen LogP contribution in [0.4, 0.5) is 9.18 Å². The molecule has 0 saturated heterocycles. The number of aliphatic carboxylic acids is 1. The van der Waals surface area contributed by atoms with Gasteiger partial charge in [0.15, 0.2) is 5.75 Å². The van der Waals surface area contributed by atoms with Crippen molar-refractivity contribution in [2.45, 2.75) is 51.2 Å². The van der Waals surface area contributed by atoms with E-state index in [9.17, 15) is 19.1 Å². The molecule has 4 rings (SSSR count). The van der Waals surface area contributed by atoms with Gasteiger partial charge in [0.1, 0.15) is 6.61 Å². The summed E-state index contributed by atoms with van der Waals surface area (Å²) in [6.07, 6.45) is 5.43. The number of halogens is 1. The van der Waals surface area contributed by atoms with E-state index in [1.54, 1.807) is 35.9 Å². The van der Waals surface area contributed by atoms with Gasteiger partial charge in [0.25, 0.3) is 5.95 Å². The molecule has 2 atom stereocenters. The lowest BCUT2D eigenvalue weighted by Gasteiger charge is -2.27. The van der Waals surface area contributed by atoms with E-state index in [1.165, 1.54) is 6.07 Å². The maximum absolute atomic E-state index is 14.8. The van der Waals surface area contributed by atoms with E-state index in [-0.39, 0.29) is 18.5 Å². The van der Waals surface area contributed by atoms with E-state index >= 15 is 0 Å².